The topological polar surface area (TPSA) is 80.9 Å². The molecule has 1 aromatic carbocycles. The molecule has 6 heteroatoms. The van der Waals surface area contributed by atoms with Gasteiger partial charge in [-0.2, -0.15) is 0 Å². The van der Waals surface area contributed by atoms with Crippen molar-refractivity contribution in [2.24, 2.45) is 0 Å². The highest BCUT2D eigenvalue weighted by Crippen LogP contribution is 2.28. The van der Waals surface area contributed by atoms with Gasteiger partial charge < -0.3 is 24.3 Å². The summed E-state index contributed by atoms with van der Waals surface area (Å²) >= 11 is 0. The summed E-state index contributed by atoms with van der Waals surface area (Å²) in [7, 11) is 0. The van der Waals surface area contributed by atoms with Crippen LogP contribution in [0.15, 0.2) is 41.2 Å². The van der Waals surface area contributed by atoms with E-state index in [2.05, 4.69) is 5.32 Å². The number of carbonyl (C=O) groups excluding carboxylic acids is 1. The quantitative estimate of drug-likeness (QED) is 0.737. The van der Waals surface area contributed by atoms with Crippen LogP contribution in [0.1, 0.15) is 42.3 Å². The van der Waals surface area contributed by atoms with E-state index in [0.29, 0.717) is 48.8 Å². The third-order valence-corrected chi connectivity index (χ3v) is 3.44. The van der Waals surface area contributed by atoms with E-state index in [9.17, 15) is 9.90 Å². The molecule has 24 heavy (non-hydrogen) atoms. The van der Waals surface area contributed by atoms with Crippen molar-refractivity contribution in [1.82, 2.24) is 5.32 Å². The maximum Gasteiger partial charge on any atom is 0.251 e. The zero-order valence-electron chi connectivity index (χ0n) is 14.0. The second kappa shape index (κ2) is 8.98. The number of hydrogen-bond acceptors (Lipinski definition) is 5. The zero-order chi connectivity index (χ0) is 17.4. The molecule has 0 radical (unpaired) electrons. The highest BCUT2D eigenvalue weighted by molar-refractivity contribution is 5.94. The number of nitrogens with one attached hydrogen (secondary N) is 1. The minimum absolute atomic E-state index is 0.224. The summed E-state index contributed by atoms with van der Waals surface area (Å²) in [5.41, 5.74) is 1.18. The summed E-state index contributed by atoms with van der Waals surface area (Å²) < 4.78 is 15.9. The van der Waals surface area contributed by atoms with Crippen molar-refractivity contribution in [1.29, 1.82) is 0 Å². The average Bonchev–Trinajstić information content (AvgIpc) is 3.11. The number of hydrogen-bond donors (Lipinski definition) is 2. The first-order chi connectivity index (χ1) is 11.7. The summed E-state index contributed by atoms with van der Waals surface area (Å²) in [6, 6.07) is 6.78. The summed E-state index contributed by atoms with van der Waals surface area (Å²) in [5, 5.41) is 12.7. The van der Waals surface area contributed by atoms with Gasteiger partial charge in [-0.3, -0.25) is 4.79 Å². The van der Waals surface area contributed by atoms with Crippen LogP contribution in [0.5, 0.6) is 11.5 Å². The second-order valence-electron chi connectivity index (χ2n) is 5.14. The Morgan fingerprint density at radius 3 is 2.62 bits per heavy atom. The monoisotopic (exact) mass is 333 g/mol. The van der Waals surface area contributed by atoms with Gasteiger partial charge in [-0.05, 0) is 44.5 Å². The Morgan fingerprint density at radius 2 is 1.96 bits per heavy atom. The molecule has 0 spiro atoms. The Balaban J connectivity index is 1.92. The van der Waals surface area contributed by atoms with Crippen LogP contribution >= 0.6 is 0 Å². The Bertz CT molecular complexity index is 639. The van der Waals surface area contributed by atoms with Crippen LogP contribution in [0, 0.1) is 0 Å². The SMILES string of the molecule is CCOc1ccc(C(=O)NCCC(O)c2ccoc2)cc1OCC. The van der Waals surface area contributed by atoms with Crippen molar-refractivity contribution in [2.45, 2.75) is 26.4 Å². The molecule has 0 aliphatic heterocycles. The Morgan fingerprint density at radius 1 is 1.21 bits per heavy atom. The number of benzene rings is 1. The summed E-state index contributed by atoms with van der Waals surface area (Å²) in [5.74, 6) is 0.940. The van der Waals surface area contributed by atoms with Gasteiger partial charge >= 0.3 is 0 Å². The van der Waals surface area contributed by atoms with Gasteiger partial charge in [-0.1, -0.05) is 0 Å². The smallest absolute Gasteiger partial charge is 0.251 e. The molecule has 1 atom stereocenters. The standard InChI is InChI=1S/C18H23NO5/c1-3-23-16-6-5-13(11-17(16)24-4-2)18(21)19-9-7-15(20)14-8-10-22-12-14/h5-6,8,10-12,15,20H,3-4,7,9H2,1-2H3,(H,19,21). The fourth-order valence-electron chi connectivity index (χ4n) is 2.25. The van der Waals surface area contributed by atoms with Crippen molar-refractivity contribution in [3.8, 4) is 11.5 Å². The van der Waals surface area contributed by atoms with Gasteiger partial charge in [0.15, 0.2) is 11.5 Å². The maximum atomic E-state index is 12.2. The first-order valence-corrected chi connectivity index (χ1v) is 8.03. The van der Waals surface area contributed by atoms with Crippen LogP contribution in [0.25, 0.3) is 0 Å². The van der Waals surface area contributed by atoms with E-state index in [0.717, 1.165) is 0 Å². The molecule has 0 saturated carbocycles. The lowest BCUT2D eigenvalue weighted by atomic mass is 10.1. The molecule has 1 amide bonds. The molecule has 1 unspecified atom stereocenters. The number of aliphatic hydroxyl groups is 1. The molecule has 1 aromatic heterocycles. The molecular formula is C18H23NO5. The number of rotatable bonds is 9. The molecule has 1 heterocycles. The van der Waals surface area contributed by atoms with Crippen LogP contribution in [-0.4, -0.2) is 30.8 Å². The van der Waals surface area contributed by atoms with Crippen LogP contribution in [0.4, 0.5) is 0 Å². The van der Waals surface area contributed by atoms with Gasteiger partial charge in [0.25, 0.3) is 5.91 Å². The largest absolute Gasteiger partial charge is 0.490 e. The molecule has 0 bridgehead atoms. The van der Waals surface area contributed by atoms with Crippen LogP contribution in [-0.2, 0) is 0 Å². The number of furan rings is 1. The molecule has 2 rings (SSSR count). The third kappa shape index (κ3) is 4.76. The van der Waals surface area contributed by atoms with E-state index >= 15 is 0 Å². The predicted molar refractivity (Wildman–Crippen MR) is 89.4 cm³/mol. The Kier molecular flexibility index (Phi) is 6.69. The van der Waals surface area contributed by atoms with Gasteiger partial charge in [0.05, 0.1) is 31.8 Å². The zero-order valence-corrected chi connectivity index (χ0v) is 14.0. The van der Waals surface area contributed by atoms with E-state index < -0.39 is 6.10 Å². The number of ether oxygens (including phenoxy) is 2. The highest BCUT2D eigenvalue weighted by Gasteiger charge is 2.13. The normalized spacial score (nSPS) is 11.8. The van der Waals surface area contributed by atoms with Crippen molar-refractivity contribution < 1.29 is 23.8 Å². The first-order valence-electron chi connectivity index (χ1n) is 8.03. The molecule has 0 saturated heterocycles. The van der Waals surface area contributed by atoms with E-state index in [1.54, 1.807) is 24.3 Å². The average molecular weight is 333 g/mol. The Labute approximate surface area is 141 Å². The molecule has 130 valence electrons. The molecule has 2 aromatic rings. The van der Waals surface area contributed by atoms with Crippen molar-refractivity contribution >= 4 is 5.91 Å². The number of carbonyl (C=O) groups is 1. The first kappa shape index (κ1) is 17.9. The Hall–Kier alpha value is -2.47. The summed E-state index contributed by atoms with van der Waals surface area (Å²) in [6.45, 7) is 5.13. The molecular weight excluding hydrogens is 310 g/mol. The second-order valence-corrected chi connectivity index (χ2v) is 5.14. The van der Waals surface area contributed by atoms with Gasteiger partial charge in [0, 0.05) is 17.7 Å². The summed E-state index contributed by atoms with van der Waals surface area (Å²) in [4.78, 5) is 12.2. The third-order valence-electron chi connectivity index (χ3n) is 3.44. The van der Waals surface area contributed by atoms with Crippen molar-refractivity contribution in [3.05, 3.63) is 47.9 Å². The van der Waals surface area contributed by atoms with Crippen molar-refractivity contribution in [3.63, 3.8) is 0 Å². The lowest BCUT2D eigenvalue weighted by Crippen LogP contribution is -2.25. The fraction of sp³-hybridized carbons (Fsp3) is 0.389. The predicted octanol–water partition coefficient (Wildman–Crippen LogP) is 2.93. The minimum atomic E-state index is -0.664. The highest BCUT2D eigenvalue weighted by atomic mass is 16.5. The minimum Gasteiger partial charge on any atom is -0.490 e. The van der Waals surface area contributed by atoms with Gasteiger partial charge in [-0.15, -0.1) is 0 Å². The maximum absolute atomic E-state index is 12.2. The fourth-order valence-corrected chi connectivity index (χ4v) is 2.25. The molecule has 6 nitrogen and oxygen atoms in total. The van der Waals surface area contributed by atoms with Crippen molar-refractivity contribution in [2.75, 3.05) is 19.8 Å². The molecule has 2 N–H and O–H groups in total. The van der Waals surface area contributed by atoms with Gasteiger partial charge in [0.1, 0.15) is 0 Å². The van der Waals surface area contributed by atoms with Gasteiger partial charge in [-0.25, -0.2) is 0 Å². The molecule has 0 aliphatic rings. The van der Waals surface area contributed by atoms with E-state index in [1.165, 1.54) is 12.5 Å². The lowest BCUT2D eigenvalue weighted by molar-refractivity contribution is 0.0942. The van der Waals surface area contributed by atoms with E-state index in [4.69, 9.17) is 13.9 Å². The molecule has 0 fully saturated rings. The van der Waals surface area contributed by atoms with Crippen LogP contribution < -0.4 is 14.8 Å². The summed E-state index contributed by atoms with van der Waals surface area (Å²) in [6.07, 6.45) is 2.74. The number of amides is 1. The lowest BCUT2D eigenvalue weighted by Gasteiger charge is -2.13. The molecule has 0 aliphatic carbocycles. The van der Waals surface area contributed by atoms with E-state index in [1.807, 2.05) is 13.8 Å². The van der Waals surface area contributed by atoms with E-state index in [-0.39, 0.29) is 5.91 Å². The van der Waals surface area contributed by atoms with Crippen LogP contribution in [0.2, 0.25) is 0 Å². The van der Waals surface area contributed by atoms with Crippen LogP contribution in [0.3, 0.4) is 0 Å². The number of aliphatic hydroxyl groups excluding tert-OH is 1. The van der Waals surface area contributed by atoms with Gasteiger partial charge in [0.2, 0.25) is 0 Å².